The van der Waals surface area contributed by atoms with Gasteiger partial charge in [-0.3, -0.25) is 9.59 Å². The van der Waals surface area contributed by atoms with Crippen molar-refractivity contribution in [2.75, 3.05) is 14.2 Å². The summed E-state index contributed by atoms with van der Waals surface area (Å²) in [6, 6.07) is 13.2. The van der Waals surface area contributed by atoms with Crippen LogP contribution in [0.1, 0.15) is 17.2 Å². The number of nitrogens with two attached hydrogens (primary N) is 1. The average Bonchev–Trinajstić information content (AvgIpc) is 2.63. The fraction of sp³-hybridized carbons (Fsp3) is 0.263. The second-order valence-corrected chi connectivity index (χ2v) is 6.07. The van der Waals surface area contributed by atoms with Crippen LogP contribution in [0.5, 0.6) is 5.75 Å². The maximum atomic E-state index is 12.6. The fourth-order valence-electron chi connectivity index (χ4n) is 2.57. The third-order valence-electron chi connectivity index (χ3n) is 3.89. The van der Waals surface area contributed by atoms with E-state index in [9.17, 15) is 9.59 Å². The molecule has 0 aliphatic heterocycles. The lowest BCUT2D eigenvalue weighted by Gasteiger charge is -2.20. The Morgan fingerprint density at radius 2 is 1.85 bits per heavy atom. The van der Waals surface area contributed by atoms with Crippen LogP contribution >= 0.6 is 11.6 Å². The Hall–Kier alpha value is -2.57. The van der Waals surface area contributed by atoms with Gasteiger partial charge in [0.25, 0.3) is 5.91 Å². The quantitative estimate of drug-likeness (QED) is 0.739. The van der Waals surface area contributed by atoms with E-state index in [0.29, 0.717) is 16.3 Å². The largest absolute Gasteiger partial charge is 0.495 e. The van der Waals surface area contributed by atoms with E-state index in [2.05, 4.69) is 5.32 Å². The summed E-state index contributed by atoms with van der Waals surface area (Å²) >= 11 is 6.10. The number of rotatable bonds is 8. The van der Waals surface area contributed by atoms with Crippen LogP contribution in [0.2, 0.25) is 5.02 Å². The SMILES string of the molecule is COc1ccc(C[C@@H](NC(=O)[C@@H](OC)c2ccccc2)C(N)=O)cc1Cl. The third-order valence-corrected chi connectivity index (χ3v) is 4.19. The van der Waals surface area contributed by atoms with Crippen LogP contribution in [-0.2, 0) is 20.7 Å². The molecule has 0 bridgehead atoms. The molecule has 6 nitrogen and oxygen atoms in total. The standard InChI is InChI=1S/C19H21ClN2O4/c1-25-16-9-8-12(10-14(16)20)11-15(18(21)23)22-19(24)17(26-2)13-6-4-3-5-7-13/h3-10,15,17H,11H2,1-2H3,(H2,21,23)(H,22,24)/t15-,17+/m1/s1. The molecular weight excluding hydrogens is 356 g/mol. The number of primary amides is 1. The minimum atomic E-state index is -0.895. The maximum Gasteiger partial charge on any atom is 0.254 e. The van der Waals surface area contributed by atoms with Crippen LogP contribution < -0.4 is 15.8 Å². The lowest BCUT2D eigenvalue weighted by atomic mass is 10.0. The van der Waals surface area contributed by atoms with Crippen molar-refractivity contribution in [1.82, 2.24) is 5.32 Å². The summed E-state index contributed by atoms with van der Waals surface area (Å²) in [5.41, 5.74) is 6.88. The van der Waals surface area contributed by atoms with Gasteiger partial charge in [-0.15, -0.1) is 0 Å². The molecule has 0 aliphatic carbocycles. The molecule has 0 fully saturated rings. The lowest BCUT2D eigenvalue weighted by Crippen LogP contribution is -2.47. The van der Waals surface area contributed by atoms with Crippen LogP contribution in [0.25, 0.3) is 0 Å². The second-order valence-electron chi connectivity index (χ2n) is 5.66. The first-order valence-electron chi connectivity index (χ1n) is 7.96. The molecule has 2 aromatic carbocycles. The number of hydrogen-bond acceptors (Lipinski definition) is 4. The number of benzene rings is 2. The number of halogens is 1. The molecule has 2 aromatic rings. The maximum absolute atomic E-state index is 12.6. The Kier molecular flexibility index (Phi) is 7.00. The zero-order valence-corrected chi connectivity index (χ0v) is 15.3. The highest BCUT2D eigenvalue weighted by atomic mass is 35.5. The first kappa shape index (κ1) is 19.8. The first-order valence-corrected chi connectivity index (χ1v) is 8.34. The summed E-state index contributed by atoms with van der Waals surface area (Å²) in [6.45, 7) is 0. The average molecular weight is 377 g/mol. The number of carbonyl (C=O) groups is 2. The summed E-state index contributed by atoms with van der Waals surface area (Å²) in [5.74, 6) is -0.561. The molecule has 0 unspecified atom stereocenters. The van der Waals surface area contributed by atoms with Crippen LogP contribution in [0.15, 0.2) is 48.5 Å². The topological polar surface area (TPSA) is 90.7 Å². The Morgan fingerprint density at radius 1 is 1.15 bits per heavy atom. The Balaban J connectivity index is 2.13. The van der Waals surface area contributed by atoms with E-state index in [0.717, 1.165) is 5.56 Å². The van der Waals surface area contributed by atoms with Gasteiger partial charge < -0.3 is 20.5 Å². The minimum absolute atomic E-state index is 0.204. The molecule has 0 aromatic heterocycles. The molecule has 0 aliphatic rings. The van der Waals surface area contributed by atoms with Gasteiger partial charge in [0.05, 0.1) is 12.1 Å². The number of amides is 2. The van der Waals surface area contributed by atoms with Gasteiger partial charge in [-0.25, -0.2) is 0 Å². The zero-order chi connectivity index (χ0) is 19.1. The summed E-state index contributed by atoms with van der Waals surface area (Å²) in [4.78, 5) is 24.4. The molecule has 26 heavy (non-hydrogen) atoms. The van der Waals surface area contributed by atoms with Gasteiger partial charge in [0.1, 0.15) is 11.8 Å². The fourth-order valence-corrected chi connectivity index (χ4v) is 2.85. The molecule has 3 N–H and O–H groups in total. The van der Waals surface area contributed by atoms with E-state index >= 15 is 0 Å². The van der Waals surface area contributed by atoms with E-state index in [1.807, 2.05) is 6.07 Å². The van der Waals surface area contributed by atoms with Crippen molar-refractivity contribution >= 4 is 23.4 Å². The molecule has 138 valence electrons. The van der Waals surface area contributed by atoms with Gasteiger partial charge in [0.15, 0.2) is 6.10 Å². The minimum Gasteiger partial charge on any atom is -0.495 e. The third kappa shape index (κ3) is 4.97. The van der Waals surface area contributed by atoms with Crippen molar-refractivity contribution in [3.63, 3.8) is 0 Å². The molecule has 2 rings (SSSR count). The molecular formula is C19H21ClN2O4. The first-order chi connectivity index (χ1) is 12.5. The number of methoxy groups -OCH3 is 2. The van der Waals surface area contributed by atoms with Gasteiger partial charge in [-0.05, 0) is 23.3 Å². The summed E-state index contributed by atoms with van der Waals surface area (Å²) < 4.78 is 10.4. The van der Waals surface area contributed by atoms with E-state index in [-0.39, 0.29) is 6.42 Å². The zero-order valence-electron chi connectivity index (χ0n) is 14.6. The van der Waals surface area contributed by atoms with Crippen LogP contribution in [0, 0.1) is 0 Å². The number of ether oxygens (including phenoxy) is 2. The highest BCUT2D eigenvalue weighted by Gasteiger charge is 2.25. The molecule has 0 spiro atoms. The van der Waals surface area contributed by atoms with Crippen molar-refractivity contribution in [3.8, 4) is 5.75 Å². The highest BCUT2D eigenvalue weighted by Crippen LogP contribution is 2.25. The predicted octanol–water partition coefficient (Wildman–Crippen LogP) is 2.25. The van der Waals surface area contributed by atoms with Gasteiger partial charge in [0.2, 0.25) is 5.91 Å². The van der Waals surface area contributed by atoms with E-state index < -0.39 is 24.0 Å². The molecule has 0 saturated heterocycles. The van der Waals surface area contributed by atoms with E-state index in [1.54, 1.807) is 42.5 Å². The van der Waals surface area contributed by atoms with E-state index in [4.69, 9.17) is 26.8 Å². The molecule has 2 amide bonds. The normalized spacial score (nSPS) is 12.9. The van der Waals surface area contributed by atoms with Crippen molar-refractivity contribution in [1.29, 1.82) is 0 Å². The second kappa shape index (κ2) is 9.22. The molecule has 2 atom stereocenters. The lowest BCUT2D eigenvalue weighted by molar-refractivity contribution is -0.134. The smallest absolute Gasteiger partial charge is 0.254 e. The van der Waals surface area contributed by atoms with Gasteiger partial charge in [0, 0.05) is 13.5 Å². The number of carbonyl (C=O) groups excluding carboxylic acids is 2. The summed E-state index contributed by atoms with van der Waals surface area (Å²) in [6.07, 6.45) is -0.631. The Bertz CT molecular complexity index is 767. The van der Waals surface area contributed by atoms with Crippen molar-refractivity contribution in [3.05, 3.63) is 64.7 Å². The van der Waals surface area contributed by atoms with Crippen LogP contribution in [0.4, 0.5) is 0 Å². The summed E-state index contributed by atoms with van der Waals surface area (Å²) in [7, 11) is 2.95. The molecule has 0 radical (unpaired) electrons. The van der Waals surface area contributed by atoms with Crippen molar-refractivity contribution in [2.45, 2.75) is 18.6 Å². The Morgan fingerprint density at radius 3 is 2.38 bits per heavy atom. The van der Waals surface area contributed by atoms with Gasteiger partial charge in [-0.1, -0.05) is 48.0 Å². The molecule has 0 heterocycles. The Labute approximate surface area is 157 Å². The van der Waals surface area contributed by atoms with Crippen molar-refractivity contribution < 1.29 is 19.1 Å². The molecule has 7 heteroatoms. The van der Waals surface area contributed by atoms with E-state index in [1.165, 1.54) is 14.2 Å². The van der Waals surface area contributed by atoms with Crippen molar-refractivity contribution in [2.24, 2.45) is 5.73 Å². The highest BCUT2D eigenvalue weighted by molar-refractivity contribution is 6.32. The van der Waals surface area contributed by atoms with Gasteiger partial charge in [-0.2, -0.15) is 0 Å². The number of hydrogen-bond donors (Lipinski definition) is 2. The van der Waals surface area contributed by atoms with Crippen LogP contribution in [-0.4, -0.2) is 32.1 Å². The van der Waals surface area contributed by atoms with Gasteiger partial charge >= 0.3 is 0 Å². The van der Waals surface area contributed by atoms with Crippen LogP contribution in [0.3, 0.4) is 0 Å². The predicted molar refractivity (Wildman–Crippen MR) is 99.0 cm³/mol. The molecule has 0 saturated carbocycles. The number of nitrogens with one attached hydrogen (secondary N) is 1. The monoisotopic (exact) mass is 376 g/mol. The summed E-state index contributed by atoms with van der Waals surface area (Å²) in [5, 5.41) is 3.07.